The number of carbonyl (C=O) groups excluding carboxylic acids is 1. The third-order valence-electron chi connectivity index (χ3n) is 5.85. The molecule has 1 unspecified atom stereocenters. The van der Waals surface area contributed by atoms with Crippen LogP contribution in [0, 0.1) is 0 Å². The summed E-state index contributed by atoms with van der Waals surface area (Å²) < 4.78 is 5.29. The molecule has 3 heterocycles. The monoisotopic (exact) mass is 333 g/mol. The van der Waals surface area contributed by atoms with E-state index in [4.69, 9.17) is 4.74 Å². The maximum atomic E-state index is 12.6. The number of aromatic amines is 1. The normalized spacial score (nSPS) is 25.3. The van der Waals surface area contributed by atoms with Gasteiger partial charge in [-0.3, -0.25) is 9.69 Å². The number of hydrogen-bond acceptors (Lipinski definition) is 3. The third kappa shape index (κ3) is 4.01. The van der Waals surface area contributed by atoms with Gasteiger partial charge in [0.1, 0.15) is 0 Å². The Hall–Kier alpha value is -1.33. The molecule has 2 aliphatic rings. The topological polar surface area (TPSA) is 48.6 Å². The first-order chi connectivity index (χ1) is 11.7. The Balaban J connectivity index is 1.53. The Morgan fingerprint density at radius 1 is 1.25 bits per heavy atom. The van der Waals surface area contributed by atoms with E-state index in [1.54, 1.807) is 7.11 Å². The molecule has 1 amide bonds. The SMILES string of the molecule is COCCN1CCCC12CCCN(C(=O)CCc1ccc[nH]1)CC2. The average Bonchev–Trinajstić information content (AvgIpc) is 3.18. The van der Waals surface area contributed by atoms with Gasteiger partial charge in [-0.1, -0.05) is 0 Å². The van der Waals surface area contributed by atoms with E-state index in [0.717, 1.165) is 51.2 Å². The van der Waals surface area contributed by atoms with E-state index in [9.17, 15) is 4.79 Å². The number of aromatic nitrogens is 1. The Morgan fingerprint density at radius 2 is 2.08 bits per heavy atom. The zero-order chi connectivity index (χ0) is 16.8. The van der Waals surface area contributed by atoms with Crippen molar-refractivity contribution in [2.45, 2.75) is 50.5 Å². The zero-order valence-corrected chi connectivity index (χ0v) is 14.9. The molecular formula is C19H31N3O2. The summed E-state index contributed by atoms with van der Waals surface area (Å²) in [7, 11) is 1.78. The van der Waals surface area contributed by atoms with Gasteiger partial charge in [-0.05, 0) is 57.2 Å². The molecule has 5 heteroatoms. The summed E-state index contributed by atoms with van der Waals surface area (Å²) in [5.74, 6) is 0.308. The van der Waals surface area contributed by atoms with Crippen molar-refractivity contribution >= 4 is 5.91 Å². The van der Waals surface area contributed by atoms with Gasteiger partial charge in [-0.25, -0.2) is 0 Å². The highest BCUT2D eigenvalue weighted by atomic mass is 16.5. The molecule has 1 atom stereocenters. The highest BCUT2D eigenvalue weighted by molar-refractivity contribution is 5.76. The summed E-state index contributed by atoms with van der Waals surface area (Å²) in [4.78, 5) is 20.5. The second-order valence-corrected chi connectivity index (χ2v) is 7.24. The van der Waals surface area contributed by atoms with Crippen LogP contribution in [0.15, 0.2) is 18.3 Å². The number of rotatable bonds is 6. The lowest BCUT2D eigenvalue weighted by Gasteiger charge is -2.38. The van der Waals surface area contributed by atoms with E-state index in [-0.39, 0.29) is 0 Å². The summed E-state index contributed by atoms with van der Waals surface area (Å²) >= 11 is 0. The molecule has 2 fully saturated rings. The van der Waals surface area contributed by atoms with Gasteiger partial charge in [-0.15, -0.1) is 0 Å². The maximum Gasteiger partial charge on any atom is 0.222 e. The lowest BCUT2D eigenvalue weighted by Crippen LogP contribution is -2.46. The van der Waals surface area contributed by atoms with E-state index in [1.165, 1.54) is 25.8 Å². The molecule has 2 saturated heterocycles. The second kappa shape index (κ2) is 8.17. The molecule has 1 aromatic heterocycles. The number of amides is 1. The molecule has 1 aromatic rings. The molecule has 134 valence electrons. The van der Waals surface area contributed by atoms with Crippen LogP contribution >= 0.6 is 0 Å². The van der Waals surface area contributed by atoms with E-state index in [0.29, 0.717) is 17.9 Å². The predicted octanol–water partition coefficient (Wildman–Crippen LogP) is 2.44. The van der Waals surface area contributed by atoms with Crippen LogP contribution in [0.2, 0.25) is 0 Å². The van der Waals surface area contributed by atoms with Gasteiger partial charge in [0.2, 0.25) is 5.91 Å². The smallest absolute Gasteiger partial charge is 0.222 e. The number of nitrogens with zero attached hydrogens (tertiary/aromatic N) is 2. The van der Waals surface area contributed by atoms with Crippen molar-refractivity contribution in [2.75, 3.05) is 39.9 Å². The first-order valence-electron chi connectivity index (χ1n) is 9.37. The summed E-state index contributed by atoms with van der Waals surface area (Å²) in [5.41, 5.74) is 1.46. The largest absolute Gasteiger partial charge is 0.383 e. The molecule has 1 N–H and O–H groups in total. The van der Waals surface area contributed by atoms with Crippen molar-refractivity contribution in [2.24, 2.45) is 0 Å². The van der Waals surface area contributed by atoms with E-state index >= 15 is 0 Å². The lowest BCUT2D eigenvalue weighted by molar-refractivity contribution is -0.131. The third-order valence-corrected chi connectivity index (χ3v) is 5.85. The standard InChI is InChI=1S/C19H31N3O2/c1-24-16-15-22-13-4-9-19(22)8-3-12-21(14-10-19)18(23)7-6-17-5-2-11-20-17/h2,5,11,20H,3-4,6-10,12-16H2,1H3. The van der Waals surface area contributed by atoms with Crippen LogP contribution in [0.5, 0.6) is 0 Å². The van der Waals surface area contributed by atoms with E-state index in [1.807, 2.05) is 12.3 Å². The number of ether oxygens (including phenoxy) is 1. The molecular weight excluding hydrogens is 302 g/mol. The van der Waals surface area contributed by atoms with Crippen LogP contribution in [-0.4, -0.2) is 66.1 Å². The highest BCUT2D eigenvalue weighted by Gasteiger charge is 2.41. The number of carbonyl (C=O) groups is 1. The lowest BCUT2D eigenvalue weighted by atomic mass is 9.88. The number of methoxy groups -OCH3 is 1. The quantitative estimate of drug-likeness (QED) is 0.870. The summed E-state index contributed by atoms with van der Waals surface area (Å²) in [6, 6.07) is 4.04. The van der Waals surface area contributed by atoms with Crippen LogP contribution in [0.4, 0.5) is 0 Å². The molecule has 0 radical (unpaired) electrons. The van der Waals surface area contributed by atoms with Crippen LogP contribution in [-0.2, 0) is 16.0 Å². The van der Waals surface area contributed by atoms with Gasteiger partial charge >= 0.3 is 0 Å². The average molecular weight is 333 g/mol. The number of nitrogens with one attached hydrogen (secondary N) is 1. The molecule has 0 aromatic carbocycles. The van der Waals surface area contributed by atoms with Crippen molar-refractivity contribution in [1.82, 2.24) is 14.8 Å². The molecule has 0 saturated carbocycles. The van der Waals surface area contributed by atoms with E-state index < -0.39 is 0 Å². The minimum absolute atomic E-state index is 0.308. The molecule has 0 aliphatic carbocycles. The summed E-state index contributed by atoms with van der Waals surface area (Å²) in [6.07, 6.45) is 9.37. The molecule has 0 bridgehead atoms. The Bertz CT molecular complexity index is 517. The summed E-state index contributed by atoms with van der Waals surface area (Å²) in [5, 5.41) is 0. The van der Waals surface area contributed by atoms with Crippen LogP contribution in [0.1, 0.15) is 44.2 Å². The second-order valence-electron chi connectivity index (χ2n) is 7.24. The van der Waals surface area contributed by atoms with Gasteiger partial charge in [0, 0.05) is 50.6 Å². The Labute approximate surface area is 145 Å². The van der Waals surface area contributed by atoms with Crippen LogP contribution in [0.3, 0.4) is 0 Å². The van der Waals surface area contributed by atoms with Crippen LogP contribution in [0.25, 0.3) is 0 Å². The Kier molecular flexibility index (Phi) is 5.95. The predicted molar refractivity (Wildman–Crippen MR) is 95.0 cm³/mol. The Morgan fingerprint density at radius 3 is 2.83 bits per heavy atom. The van der Waals surface area contributed by atoms with Gasteiger partial charge in [0.05, 0.1) is 6.61 Å². The maximum absolute atomic E-state index is 12.6. The van der Waals surface area contributed by atoms with Gasteiger partial charge < -0.3 is 14.6 Å². The van der Waals surface area contributed by atoms with Gasteiger partial charge in [0.25, 0.3) is 0 Å². The fraction of sp³-hybridized carbons (Fsp3) is 0.737. The van der Waals surface area contributed by atoms with Gasteiger partial charge in [0.15, 0.2) is 0 Å². The van der Waals surface area contributed by atoms with Crippen molar-refractivity contribution in [3.05, 3.63) is 24.0 Å². The fourth-order valence-electron chi connectivity index (χ4n) is 4.46. The number of likely N-dealkylation sites (tertiary alicyclic amines) is 2. The molecule has 3 rings (SSSR count). The fourth-order valence-corrected chi connectivity index (χ4v) is 4.46. The first-order valence-corrected chi connectivity index (χ1v) is 9.37. The number of hydrogen-bond donors (Lipinski definition) is 1. The molecule has 5 nitrogen and oxygen atoms in total. The number of aryl methyl sites for hydroxylation is 1. The van der Waals surface area contributed by atoms with Crippen molar-refractivity contribution < 1.29 is 9.53 Å². The molecule has 24 heavy (non-hydrogen) atoms. The minimum Gasteiger partial charge on any atom is -0.383 e. The van der Waals surface area contributed by atoms with Crippen molar-refractivity contribution in [3.8, 4) is 0 Å². The van der Waals surface area contributed by atoms with Gasteiger partial charge in [-0.2, -0.15) is 0 Å². The molecule has 2 aliphatic heterocycles. The zero-order valence-electron chi connectivity index (χ0n) is 14.9. The highest BCUT2D eigenvalue weighted by Crippen LogP contribution is 2.38. The minimum atomic E-state index is 0.308. The van der Waals surface area contributed by atoms with Crippen molar-refractivity contribution in [1.29, 1.82) is 0 Å². The number of H-pyrrole nitrogens is 1. The van der Waals surface area contributed by atoms with Crippen LogP contribution < -0.4 is 0 Å². The van der Waals surface area contributed by atoms with E-state index in [2.05, 4.69) is 20.9 Å². The first kappa shape index (κ1) is 17.5. The molecule has 1 spiro atoms. The summed E-state index contributed by atoms with van der Waals surface area (Å²) in [6.45, 7) is 4.85. The van der Waals surface area contributed by atoms with Crippen molar-refractivity contribution in [3.63, 3.8) is 0 Å².